The minimum Gasteiger partial charge on any atom is -0.358 e. The first-order valence-electron chi connectivity index (χ1n) is 7.72. The van der Waals surface area contributed by atoms with Crippen molar-refractivity contribution in [2.24, 2.45) is 0 Å². The zero-order valence-electron chi connectivity index (χ0n) is 12.9. The molecule has 2 heterocycles. The van der Waals surface area contributed by atoms with Crippen LogP contribution in [0.4, 0.5) is 11.4 Å². The van der Waals surface area contributed by atoms with Crippen LogP contribution in [0.5, 0.6) is 0 Å². The van der Waals surface area contributed by atoms with Crippen LogP contribution in [0.15, 0.2) is 24.3 Å². The highest BCUT2D eigenvalue weighted by molar-refractivity contribution is 8.23. The van der Waals surface area contributed by atoms with Crippen LogP contribution in [0.25, 0.3) is 0 Å². The summed E-state index contributed by atoms with van der Waals surface area (Å²) in [5.74, 6) is -0.254. The molecule has 1 aromatic rings. The molecule has 122 valence electrons. The van der Waals surface area contributed by atoms with Crippen LogP contribution >= 0.6 is 24.0 Å². The number of hydrogen-bond donors (Lipinski definition) is 1. The van der Waals surface area contributed by atoms with Gasteiger partial charge in [0, 0.05) is 13.1 Å². The zero-order valence-corrected chi connectivity index (χ0v) is 14.6. The van der Waals surface area contributed by atoms with Gasteiger partial charge in [0.25, 0.3) is 0 Å². The van der Waals surface area contributed by atoms with Gasteiger partial charge in [0.1, 0.15) is 10.9 Å². The number of rotatable bonds is 2. The number of fused-ring (bicyclic) bond motifs is 1. The number of carbonyl (C=O) groups excluding carboxylic acids is 2. The molecule has 2 aliphatic heterocycles. The van der Waals surface area contributed by atoms with Crippen molar-refractivity contribution in [2.75, 3.05) is 29.9 Å². The molecular formula is C16H19N3O2S2. The fraction of sp³-hybridized carbons (Fsp3) is 0.438. The summed E-state index contributed by atoms with van der Waals surface area (Å²) < 4.78 is 0.776. The van der Waals surface area contributed by atoms with Gasteiger partial charge in [-0.2, -0.15) is 0 Å². The van der Waals surface area contributed by atoms with Crippen molar-refractivity contribution in [3.05, 3.63) is 24.3 Å². The van der Waals surface area contributed by atoms with E-state index >= 15 is 0 Å². The van der Waals surface area contributed by atoms with Crippen LogP contribution in [0, 0.1) is 0 Å². The van der Waals surface area contributed by atoms with E-state index in [4.69, 9.17) is 12.2 Å². The maximum atomic E-state index is 12.8. The van der Waals surface area contributed by atoms with E-state index in [9.17, 15) is 9.59 Å². The van der Waals surface area contributed by atoms with Gasteiger partial charge in [-0.05, 0) is 31.9 Å². The minimum atomic E-state index is -0.318. The van der Waals surface area contributed by atoms with Gasteiger partial charge in [-0.1, -0.05) is 36.1 Å². The number of nitrogens with one attached hydrogen (secondary N) is 1. The normalized spacial score (nSPS) is 18.4. The second-order valence-electron chi connectivity index (χ2n) is 5.71. The number of amides is 2. The summed E-state index contributed by atoms with van der Waals surface area (Å²) in [5.41, 5.74) is 1.42. The molecular weight excluding hydrogens is 330 g/mol. The lowest BCUT2D eigenvalue weighted by Gasteiger charge is -2.31. The Morgan fingerprint density at radius 3 is 2.74 bits per heavy atom. The zero-order chi connectivity index (χ0) is 16.4. The molecule has 1 N–H and O–H groups in total. The third kappa shape index (κ3) is 3.50. The first kappa shape index (κ1) is 16.3. The highest BCUT2D eigenvalue weighted by Gasteiger charge is 2.31. The molecule has 0 spiro atoms. The van der Waals surface area contributed by atoms with E-state index in [-0.39, 0.29) is 23.6 Å². The molecule has 0 aromatic heterocycles. The van der Waals surface area contributed by atoms with Crippen molar-refractivity contribution in [1.82, 2.24) is 4.90 Å². The average Bonchev–Trinajstić information content (AvgIpc) is 3.07. The minimum absolute atomic E-state index is 0.0528. The SMILES string of the molecule is C[C@@H](SC(=S)N1CCCC1)C(=O)N1CC(=O)Nc2ccccc21. The summed E-state index contributed by atoms with van der Waals surface area (Å²) in [6.45, 7) is 3.85. The fourth-order valence-electron chi connectivity index (χ4n) is 2.83. The number of hydrogen-bond acceptors (Lipinski definition) is 4. The number of benzene rings is 1. The third-order valence-corrected chi connectivity index (χ3v) is 5.59. The summed E-state index contributed by atoms with van der Waals surface area (Å²) in [5, 5.41) is 2.48. The number of carbonyl (C=O) groups is 2. The van der Waals surface area contributed by atoms with E-state index in [1.54, 1.807) is 11.0 Å². The Bertz CT molecular complexity index is 644. The third-order valence-electron chi connectivity index (χ3n) is 4.03. The lowest BCUT2D eigenvalue weighted by atomic mass is 10.2. The second kappa shape index (κ2) is 6.88. The van der Waals surface area contributed by atoms with Crippen molar-refractivity contribution >= 4 is 51.5 Å². The first-order valence-corrected chi connectivity index (χ1v) is 9.01. The molecule has 1 saturated heterocycles. The van der Waals surface area contributed by atoms with Crippen LogP contribution in [0.1, 0.15) is 19.8 Å². The van der Waals surface area contributed by atoms with Crippen molar-refractivity contribution < 1.29 is 9.59 Å². The lowest BCUT2D eigenvalue weighted by molar-refractivity contribution is -0.121. The van der Waals surface area contributed by atoms with E-state index < -0.39 is 0 Å². The molecule has 5 nitrogen and oxygen atoms in total. The predicted molar refractivity (Wildman–Crippen MR) is 97.9 cm³/mol. The Hall–Kier alpha value is -1.60. The average molecular weight is 349 g/mol. The molecule has 0 unspecified atom stereocenters. The first-order chi connectivity index (χ1) is 11.1. The van der Waals surface area contributed by atoms with Crippen molar-refractivity contribution in [3.8, 4) is 0 Å². The van der Waals surface area contributed by atoms with E-state index in [0.29, 0.717) is 5.69 Å². The summed E-state index contributed by atoms with van der Waals surface area (Å²) in [4.78, 5) is 28.4. The molecule has 0 bridgehead atoms. The van der Waals surface area contributed by atoms with Crippen molar-refractivity contribution in [2.45, 2.75) is 25.0 Å². The van der Waals surface area contributed by atoms with Gasteiger partial charge >= 0.3 is 0 Å². The van der Waals surface area contributed by atoms with Crippen LogP contribution < -0.4 is 10.2 Å². The van der Waals surface area contributed by atoms with Gasteiger partial charge in [-0.25, -0.2) is 0 Å². The van der Waals surface area contributed by atoms with Gasteiger partial charge in [0.05, 0.1) is 16.6 Å². The van der Waals surface area contributed by atoms with Gasteiger partial charge in [-0.3, -0.25) is 14.5 Å². The van der Waals surface area contributed by atoms with Crippen molar-refractivity contribution in [1.29, 1.82) is 0 Å². The number of likely N-dealkylation sites (tertiary alicyclic amines) is 1. The molecule has 7 heteroatoms. The molecule has 1 atom stereocenters. The Kier molecular flexibility index (Phi) is 4.87. The van der Waals surface area contributed by atoms with Gasteiger partial charge in [-0.15, -0.1) is 0 Å². The van der Waals surface area contributed by atoms with Crippen LogP contribution in [-0.2, 0) is 9.59 Å². The quantitative estimate of drug-likeness (QED) is 0.832. The Morgan fingerprint density at radius 1 is 1.30 bits per heavy atom. The standard InChI is InChI=1S/C16H19N3O2S2/c1-11(23-16(22)18-8-4-5-9-18)15(21)19-10-14(20)17-12-6-2-3-7-13(12)19/h2-3,6-7,11H,4-5,8-10H2,1H3,(H,17,20)/t11-/m1/s1. The van der Waals surface area contributed by atoms with Gasteiger partial charge in [0.15, 0.2) is 0 Å². The summed E-state index contributed by atoms with van der Waals surface area (Å²) in [6.07, 6.45) is 2.31. The number of para-hydroxylation sites is 2. The van der Waals surface area contributed by atoms with Crippen molar-refractivity contribution in [3.63, 3.8) is 0 Å². The number of thioether (sulfide) groups is 1. The highest BCUT2D eigenvalue weighted by atomic mass is 32.2. The molecule has 1 aromatic carbocycles. The van der Waals surface area contributed by atoms with Crippen LogP contribution in [0.2, 0.25) is 0 Å². The molecule has 0 radical (unpaired) electrons. The topological polar surface area (TPSA) is 52.7 Å². The molecule has 0 saturated carbocycles. The number of anilines is 2. The van der Waals surface area contributed by atoms with E-state index in [0.717, 1.165) is 35.9 Å². The number of nitrogens with zero attached hydrogens (tertiary/aromatic N) is 2. The monoisotopic (exact) mass is 349 g/mol. The lowest BCUT2D eigenvalue weighted by Crippen LogP contribution is -2.45. The molecule has 3 rings (SSSR count). The smallest absolute Gasteiger partial charge is 0.244 e. The Balaban J connectivity index is 1.72. The van der Waals surface area contributed by atoms with Gasteiger partial charge < -0.3 is 10.2 Å². The maximum Gasteiger partial charge on any atom is 0.244 e. The molecule has 2 aliphatic rings. The molecule has 1 fully saturated rings. The van der Waals surface area contributed by atoms with E-state index in [2.05, 4.69) is 10.2 Å². The van der Waals surface area contributed by atoms with Crippen LogP contribution in [-0.4, -0.2) is 45.9 Å². The summed E-state index contributed by atoms with van der Waals surface area (Å²) in [7, 11) is 0. The Morgan fingerprint density at radius 2 is 2.00 bits per heavy atom. The van der Waals surface area contributed by atoms with Gasteiger partial charge in [0.2, 0.25) is 11.8 Å². The van der Waals surface area contributed by atoms with Crippen LogP contribution in [0.3, 0.4) is 0 Å². The second-order valence-corrected chi connectivity index (χ2v) is 7.68. The van der Waals surface area contributed by atoms with E-state index in [1.807, 2.05) is 25.1 Å². The molecule has 23 heavy (non-hydrogen) atoms. The molecule has 0 aliphatic carbocycles. The fourth-order valence-corrected chi connectivity index (χ4v) is 4.30. The highest BCUT2D eigenvalue weighted by Crippen LogP contribution is 2.31. The van der Waals surface area contributed by atoms with E-state index in [1.165, 1.54) is 11.8 Å². The maximum absolute atomic E-state index is 12.8. The predicted octanol–water partition coefficient (Wildman–Crippen LogP) is 2.47. The summed E-state index contributed by atoms with van der Waals surface area (Å²) >= 11 is 6.86. The largest absolute Gasteiger partial charge is 0.358 e. The Labute approximate surface area is 145 Å². The number of thiocarbonyl (C=S) groups is 1. The summed E-state index contributed by atoms with van der Waals surface area (Å²) in [6, 6.07) is 7.36. The molecule has 2 amide bonds.